The van der Waals surface area contributed by atoms with Crippen LogP contribution in [0.4, 0.5) is 0 Å². The lowest BCUT2D eigenvalue weighted by Crippen LogP contribution is -2.43. The third-order valence-electron chi connectivity index (χ3n) is 5.58. The first-order valence-electron chi connectivity index (χ1n) is 11.4. The number of rotatable bonds is 9. The molecule has 3 heterocycles. The number of imidazole rings is 1. The fraction of sp³-hybridized carbons (Fsp3) is 0.478. The zero-order valence-electron chi connectivity index (χ0n) is 19.6. The molecule has 8 nitrogen and oxygen atoms in total. The average molecular weight is 525 g/mol. The number of nitrogens with one attached hydrogen (secondary N) is 1. The Morgan fingerprint density at radius 3 is 2.68 bits per heavy atom. The number of halogens is 1. The fourth-order valence-corrected chi connectivity index (χ4v) is 7.13. The van der Waals surface area contributed by atoms with Crippen LogP contribution in [-0.4, -0.2) is 70.9 Å². The molecule has 0 amide bonds. The van der Waals surface area contributed by atoms with Gasteiger partial charge in [-0.25, -0.2) is 9.97 Å². The van der Waals surface area contributed by atoms with Gasteiger partial charge in [-0.2, -0.15) is 0 Å². The monoisotopic (exact) mass is 524 g/mol. The summed E-state index contributed by atoms with van der Waals surface area (Å²) in [5, 5.41) is 1.12. The van der Waals surface area contributed by atoms with E-state index < -0.39 is 7.60 Å². The molecule has 0 saturated carbocycles. The van der Waals surface area contributed by atoms with Crippen LogP contribution in [0.3, 0.4) is 0 Å². The molecule has 1 aliphatic heterocycles. The number of aromatic nitrogens is 3. The second-order valence-electron chi connectivity index (χ2n) is 7.94. The van der Waals surface area contributed by atoms with E-state index in [0.29, 0.717) is 34.7 Å². The van der Waals surface area contributed by atoms with E-state index >= 15 is 0 Å². The number of fused-ring (bicyclic) bond motifs is 1. The minimum atomic E-state index is -3.18. The Labute approximate surface area is 209 Å². The quantitative estimate of drug-likeness (QED) is 0.338. The molecule has 0 bridgehead atoms. The van der Waals surface area contributed by atoms with Crippen molar-refractivity contribution in [2.75, 3.05) is 45.0 Å². The summed E-state index contributed by atoms with van der Waals surface area (Å²) in [6.07, 6.45) is 8.45. The molecule has 1 N–H and O–H groups in total. The number of allylic oxidation sites excluding steroid dienone is 4. The summed E-state index contributed by atoms with van der Waals surface area (Å²) in [4.78, 5) is 14.9. The lowest BCUT2D eigenvalue weighted by atomic mass is 10.1. The predicted molar refractivity (Wildman–Crippen MR) is 138 cm³/mol. The molecule has 4 rings (SSSR count). The molecular formula is C23H30ClN4O4PS. The molecule has 0 aromatic carbocycles. The summed E-state index contributed by atoms with van der Waals surface area (Å²) in [7, 11) is -3.18. The average Bonchev–Trinajstić information content (AvgIpc) is 3.11. The summed E-state index contributed by atoms with van der Waals surface area (Å²) in [5.41, 5.74) is 4.29. The SMILES string of the molecule is CCOP(=O)(CSc1nc2nc(C3=CC=C(C)C(N4CCOCC4)C=C3)c(Cl)cc2[nH]1)OCC. The fourth-order valence-electron chi connectivity index (χ4n) is 3.96. The maximum atomic E-state index is 12.7. The minimum absolute atomic E-state index is 0.163. The van der Waals surface area contributed by atoms with Gasteiger partial charge in [0.15, 0.2) is 10.8 Å². The van der Waals surface area contributed by atoms with Crippen molar-refractivity contribution in [3.8, 4) is 0 Å². The van der Waals surface area contributed by atoms with E-state index in [2.05, 4.69) is 46.1 Å². The summed E-state index contributed by atoms with van der Waals surface area (Å²) in [6.45, 7) is 9.70. The zero-order valence-corrected chi connectivity index (χ0v) is 22.1. The molecule has 1 aliphatic carbocycles. The Hall–Kier alpha value is -1.45. The highest BCUT2D eigenvalue weighted by atomic mass is 35.5. The molecule has 34 heavy (non-hydrogen) atoms. The number of pyridine rings is 1. The number of hydrogen-bond donors (Lipinski definition) is 1. The van der Waals surface area contributed by atoms with Crippen LogP contribution in [0.5, 0.6) is 0 Å². The first-order valence-corrected chi connectivity index (χ1v) is 14.5. The Balaban J connectivity index is 1.55. The lowest BCUT2D eigenvalue weighted by molar-refractivity contribution is 0.0314. The summed E-state index contributed by atoms with van der Waals surface area (Å²) < 4.78 is 29.0. The van der Waals surface area contributed by atoms with Crippen LogP contribution in [0, 0.1) is 0 Å². The van der Waals surface area contributed by atoms with Crippen LogP contribution >= 0.6 is 31.0 Å². The van der Waals surface area contributed by atoms with Gasteiger partial charge in [0, 0.05) is 24.7 Å². The molecule has 0 spiro atoms. The van der Waals surface area contributed by atoms with Crippen molar-refractivity contribution < 1.29 is 18.3 Å². The lowest BCUT2D eigenvalue weighted by Gasteiger charge is -2.33. The van der Waals surface area contributed by atoms with Crippen LogP contribution in [0.2, 0.25) is 5.02 Å². The maximum absolute atomic E-state index is 12.7. The van der Waals surface area contributed by atoms with Gasteiger partial charge in [-0.15, -0.1) is 0 Å². The number of aromatic amines is 1. The van der Waals surface area contributed by atoms with Gasteiger partial charge in [-0.1, -0.05) is 53.2 Å². The van der Waals surface area contributed by atoms with Crippen LogP contribution in [0.1, 0.15) is 26.5 Å². The van der Waals surface area contributed by atoms with E-state index in [-0.39, 0.29) is 11.5 Å². The van der Waals surface area contributed by atoms with Crippen molar-refractivity contribution in [2.45, 2.75) is 32.0 Å². The van der Waals surface area contributed by atoms with Crippen LogP contribution < -0.4 is 0 Å². The largest absolute Gasteiger partial charge is 0.379 e. The van der Waals surface area contributed by atoms with E-state index in [4.69, 9.17) is 30.4 Å². The summed E-state index contributed by atoms with van der Waals surface area (Å²) >= 11 is 7.91. The van der Waals surface area contributed by atoms with Gasteiger partial charge >= 0.3 is 7.60 Å². The molecule has 2 aromatic rings. The Kier molecular flexibility index (Phi) is 8.69. The zero-order chi connectivity index (χ0) is 24.1. The van der Waals surface area contributed by atoms with Crippen LogP contribution in [-0.2, 0) is 18.3 Å². The van der Waals surface area contributed by atoms with Gasteiger partial charge in [0.1, 0.15) is 5.49 Å². The highest BCUT2D eigenvalue weighted by Gasteiger charge is 2.25. The topological polar surface area (TPSA) is 89.6 Å². The molecule has 0 radical (unpaired) electrons. The summed E-state index contributed by atoms with van der Waals surface area (Å²) in [5.74, 6) is 0. The van der Waals surface area contributed by atoms with Gasteiger partial charge in [0.25, 0.3) is 0 Å². The molecule has 1 unspecified atom stereocenters. The van der Waals surface area contributed by atoms with E-state index in [9.17, 15) is 4.57 Å². The number of morpholine rings is 1. The van der Waals surface area contributed by atoms with Crippen molar-refractivity contribution in [3.63, 3.8) is 0 Å². The Bertz CT molecular complexity index is 1150. The molecule has 184 valence electrons. The van der Waals surface area contributed by atoms with Gasteiger partial charge in [0.2, 0.25) is 0 Å². The molecule has 2 aliphatic rings. The molecular weight excluding hydrogens is 495 g/mol. The maximum Gasteiger partial charge on any atom is 0.340 e. The number of ether oxygens (including phenoxy) is 1. The van der Waals surface area contributed by atoms with E-state index in [1.165, 1.54) is 17.3 Å². The second-order valence-corrected chi connectivity index (χ2v) is 11.8. The highest BCUT2D eigenvalue weighted by molar-refractivity contribution is 8.04. The third-order valence-corrected chi connectivity index (χ3v) is 9.42. The molecule has 2 aromatic heterocycles. The number of H-pyrrole nitrogens is 1. The van der Waals surface area contributed by atoms with Crippen molar-refractivity contribution in [2.24, 2.45) is 0 Å². The predicted octanol–water partition coefficient (Wildman–Crippen LogP) is 5.53. The standard InChI is InChI=1S/C23H30ClN4O4PS/c1-4-31-33(29,32-5-2)15-34-23-25-19-14-18(24)21(26-22(19)27-23)17-7-6-16(3)20(9-8-17)28-10-12-30-13-11-28/h6-9,14,20H,4-5,10-13,15H2,1-3H3,(H,25,26,27). The first-order chi connectivity index (χ1) is 16.4. The molecule has 11 heteroatoms. The Morgan fingerprint density at radius 2 is 1.97 bits per heavy atom. The number of nitrogens with zero attached hydrogens (tertiary/aromatic N) is 3. The molecule has 1 saturated heterocycles. The third kappa shape index (κ3) is 6.02. The highest BCUT2D eigenvalue weighted by Crippen LogP contribution is 2.51. The van der Waals surface area contributed by atoms with E-state index in [1.807, 2.05) is 6.07 Å². The van der Waals surface area contributed by atoms with Crippen LogP contribution in [0.15, 0.2) is 41.1 Å². The van der Waals surface area contributed by atoms with Crippen molar-refractivity contribution in [3.05, 3.63) is 46.7 Å². The van der Waals surface area contributed by atoms with Crippen molar-refractivity contribution in [1.82, 2.24) is 19.9 Å². The van der Waals surface area contributed by atoms with E-state index in [1.54, 1.807) is 13.8 Å². The van der Waals surface area contributed by atoms with Crippen molar-refractivity contribution >= 4 is 47.7 Å². The summed E-state index contributed by atoms with van der Waals surface area (Å²) in [6, 6.07) is 2.05. The van der Waals surface area contributed by atoms with Crippen LogP contribution in [0.25, 0.3) is 16.7 Å². The van der Waals surface area contributed by atoms with Gasteiger partial charge < -0.3 is 18.8 Å². The second kappa shape index (κ2) is 11.5. The smallest absolute Gasteiger partial charge is 0.340 e. The molecule has 1 atom stereocenters. The first kappa shape index (κ1) is 25.6. The minimum Gasteiger partial charge on any atom is -0.379 e. The van der Waals surface area contributed by atoms with E-state index in [0.717, 1.165) is 37.4 Å². The molecule has 1 fully saturated rings. The normalized spacial score (nSPS) is 19.8. The van der Waals surface area contributed by atoms with Gasteiger partial charge in [-0.3, -0.25) is 9.46 Å². The van der Waals surface area contributed by atoms with Gasteiger partial charge in [0.05, 0.1) is 42.7 Å². The Morgan fingerprint density at radius 1 is 1.24 bits per heavy atom. The number of thioether (sulfide) groups is 1. The van der Waals surface area contributed by atoms with Gasteiger partial charge in [-0.05, 0) is 26.8 Å². The number of hydrogen-bond acceptors (Lipinski definition) is 8. The van der Waals surface area contributed by atoms with Crippen molar-refractivity contribution in [1.29, 1.82) is 0 Å².